The van der Waals surface area contributed by atoms with E-state index in [1.165, 1.54) is 0 Å². The standard InChI is InChI=1S/C9H14N2OS2/c10-9(5-12,7-1-2-7)6-14-8-11-3-4-13-8/h3-4,7,12H,1-2,5-6,10H2. The lowest BCUT2D eigenvalue weighted by atomic mass is 9.99. The van der Waals surface area contributed by atoms with Crippen LogP contribution in [0.3, 0.4) is 0 Å². The van der Waals surface area contributed by atoms with Gasteiger partial charge in [0.15, 0.2) is 0 Å². The smallest absolute Gasteiger partial charge is 0.149 e. The van der Waals surface area contributed by atoms with Gasteiger partial charge in [-0.3, -0.25) is 0 Å². The Morgan fingerprint density at radius 3 is 3.00 bits per heavy atom. The minimum atomic E-state index is -0.393. The third-order valence-electron chi connectivity index (χ3n) is 2.56. The van der Waals surface area contributed by atoms with E-state index in [2.05, 4.69) is 4.98 Å². The molecule has 1 saturated carbocycles. The largest absolute Gasteiger partial charge is 0.394 e. The maximum atomic E-state index is 9.27. The first-order valence-electron chi connectivity index (χ1n) is 4.66. The molecule has 1 fully saturated rings. The van der Waals surface area contributed by atoms with E-state index in [0.29, 0.717) is 5.92 Å². The molecule has 2 rings (SSSR count). The van der Waals surface area contributed by atoms with E-state index in [-0.39, 0.29) is 6.61 Å². The monoisotopic (exact) mass is 230 g/mol. The zero-order valence-electron chi connectivity index (χ0n) is 7.85. The number of aromatic nitrogens is 1. The maximum absolute atomic E-state index is 9.27. The van der Waals surface area contributed by atoms with Crippen molar-refractivity contribution >= 4 is 23.1 Å². The summed E-state index contributed by atoms with van der Waals surface area (Å²) in [5.74, 6) is 1.28. The Kier molecular flexibility index (Phi) is 3.11. The molecule has 0 amide bonds. The molecule has 1 atom stereocenters. The van der Waals surface area contributed by atoms with Crippen LogP contribution in [0.25, 0.3) is 0 Å². The molecule has 0 radical (unpaired) electrons. The summed E-state index contributed by atoms with van der Waals surface area (Å²) < 4.78 is 1.04. The van der Waals surface area contributed by atoms with Gasteiger partial charge < -0.3 is 10.8 Å². The number of thioether (sulfide) groups is 1. The molecular weight excluding hydrogens is 216 g/mol. The number of nitrogens with two attached hydrogens (primary N) is 1. The first kappa shape index (κ1) is 10.4. The summed E-state index contributed by atoms with van der Waals surface area (Å²) in [5.41, 5.74) is 5.73. The molecule has 3 N–H and O–H groups in total. The van der Waals surface area contributed by atoms with E-state index in [9.17, 15) is 5.11 Å². The Hall–Kier alpha value is -0.100. The third-order valence-corrected chi connectivity index (χ3v) is 4.80. The predicted octanol–water partition coefficient (Wildman–Crippen LogP) is 1.33. The lowest BCUT2D eigenvalue weighted by molar-refractivity contribution is 0.194. The topological polar surface area (TPSA) is 59.1 Å². The molecule has 0 saturated heterocycles. The number of hydrogen-bond acceptors (Lipinski definition) is 5. The van der Waals surface area contributed by atoms with Crippen LogP contribution in [-0.4, -0.2) is 28.0 Å². The zero-order valence-corrected chi connectivity index (χ0v) is 9.48. The van der Waals surface area contributed by atoms with Gasteiger partial charge in [0, 0.05) is 17.3 Å². The highest BCUT2D eigenvalue weighted by Gasteiger charge is 2.41. The molecule has 1 heterocycles. The molecule has 3 nitrogen and oxygen atoms in total. The first-order valence-corrected chi connectivity index (χ1v) is 6.53. The van der Waals surface area contributed by atoms with Gasteiger partial charge in [0.2, 0.25) is 0 Å². The van der Waals surface area contributed by atoms with Crippen molar-refractivity contribution in [3.63, 3.8) is 0 Å². The zero-order chi connectivity index (χ0) is 10.0. The average Bonchev–Trinajstić information content (AvgIpc) is 2.94. The van der Waals surface area contributed by atoms with Crippen molar-refractivity contribution in [3.8, 4) is 0 Å². The van der Waals surface area contributed by atoms with Crippen molar-refractivity contribution in [3.05, 3.63) is 11.6 Å². The molecule has 78 valence electrons. The summed E-state index contributed by atoms with van der Waals surface area (Å²) in [6, 6.07) is 0. The summed E-state index contributed by atoms with van der Waals surface area (Å²) in [4.78, 5) is 4.18. The van der Waals surface area contributed by atoms with Crippen molar-refractivity contribution in [2.45, 2.75) is 22.7 Å². The first-order chi connectivity index (χ1) is 6.74. The number of rotatable bonds is 5. The van der Waals surface area contributed by atoms with Crippen LogP contribution in [0.1, 0.15) is 12.8 Å². The third kappa shape index (κ3) is 2.28. The highest BCUT2D eigenvalue weighted by molar-refractivity contribution is 8.01. The normalized spacial score (nSPS) is 20.7. The van der Waals surface area contributed by atoms with E-state index < -0.39 is 5.54 Å². The molecule has 1 aromatic heterocycles. The van der Waals surface area contributed by atoms with Gasteiger partial charge >= 0.3 is 0 Å². The van der Waals surface area contributed by atoms with Crippen molar-refractivity contribution in [2.24, 2.45) is 11.7 Å². The second-order valence-corrected chi connectivity index (χ2v) is 5.87. The fraction of sp³-hybridized carbons (Fsp3) is 0.667. The van der Waals surface area contributed by atoms with Crippen LogP contribution in [0.5, 0.6) is 0 Å². The van der Waals surface area contributed by atoms with Gasteiger partial charge in [-0.1, -0.05) is 11.8 Å². The van der Waals surface area contributed by atoms with Gasteiger partial charge in [-0.25, -0.2) is 4.98 Å². The lowest BCUT2D eigenvalue weighted by Gasteiger charge is -2.26. The molecule has 0 aromatic carbocycles. The van der Waals surface area contributed by atoms with E-state index >= 15 is 0 Å². The maximum Gasteiger partial charge on any atom is 0.149 e. The van der Waals surface area contributed by atoms with Gasteiger partial charge in [0.1, 0.15) is 4.34 Å². The van der Waals surface area contributed by atoms with E-state index in [4.69, 9.17) is 5.73 Å². The molecule has 1 aromatic rings. The van der Waals surface area contributed by atoms with Gasteiger partial charge in [0.25, 0.3) is 0 Å². The van der Waals surface area contributed by atoms with Gasteiger partial charge in [-0.15, -0.1) is 11.3 Å². The van der Waals surface area contributed by atoms with E-state index in [1.54, 1.807) is 29.3 Å². The van der Waals surface area contributed by atoms with Crippen LogP contribution >= 0.6 is 23.1 Å². The summed E-state index contributed by atoms with van der Waals surface area (Å²) in [6.07, 6.45) is 4.12. The highest BCUT2D eigenvalue weighted by Crippen LogP contribution is 2.40. The van der Waals surface area contributed by atoms with Crippen molar-refractivity contribution in [1.29, 1.82) is 0 Å². The van der Waals surface area contributed by atoms with Gasteiger partial charge in [-0.2, -0.15) is 0 Å². The van der Waals surface area contributed by atoms with Crippen LogP contribution in [0.2, 0.25) is 0 Å². The van der Waals surface area contributed by atoms with Gasteiger partial charge in [-0.05, 0) is 18.8 Å². The number of aliphatic hydroxyl groups excluding tert-OH is 1. The minimum absolute atomic E-state index is 0.0794. The van der Waals surface area contributed by atoms with Crippen molar-refractivity contribution in [2.75, 3.05) is 12.4 Å². The van der Waals surface area contributed by atoms with Crippen molar-refractivity contribution < 1.29 is 5.11 Å². The molecule has 1 aliphatic rings. The summed E-state index contributed by atoms with van der Waals surface area (Å²) in [7, 11) is 0. The number of nitrogens with zero attached hydrogens (tertiary/aromatic N) is 1. The van der Waals surface area contributed by atoms with E-state index in [0.717, 1.165) is 22.9 Å². The Labute approximate surface area is 91.7 Å². The molecule has 1 aliphatic carbocycles. The van der Waals surface area contributed by atoms with Gasteiger partial charge in [0.05, 0.1) is 12.1 Å². The predicted molar refractivity (Wildman–Crippen MR) is 59.6 cm³/mol. The fourth-order valence-corrected chi connectivity index (χ4v) is 3.26. The molecule has 1 unspecified atom stereocenters. The number of thiazole rings is 1. The number of hydrogen-bond donors (Lipinski definition) is 2. The summed E-state index contributed by atoms with van der Waals surface area (Å²) >= 11 is 3.27. The van der Waals surface area contributed by atoms with Crippen LogP contribution in [0.4, 0.5) is 0 Å². The fourth-order valence-electron chi connectivity index (χ4n) is 1.43. The van der Waals surface area contributed by atoms with Crippen LogP contribution in [0.15, 0.2) is 15.9 Å². The molecule has 14 heavy (non-hydrogen) atoms. The molecule has 0 aliphatic heterocycles. The molecule has 5 heteroatoms. The highest BCUT2D eigenvalue weighted by atomic mass is 32.2. The van der Waals surface area contributed by atoms with E-state index in [1.807, 2.05) is 5.38 Å². The molecule has 0 bridgehead atoms. The van der Waals surface area contributed by atoms with Crippen LogP contribution in [-0.2, 0) is 0 Å². The summed E-state index contributed by atoms with van der Waals surface area (Å²) in [6.45, 7) is 0.0794. The van der Waals surface area contributed by atoms with Crippen LogP contribution in [0, 0.1) is 5.92 Å². The SMILES string of the molecule is NC(CO)(CSc1nccs1)C1CC1. The van der Waals surface area contributed by atoms with Crippen molar-refractivity contribution in [1.82, 2.24) is 4.98 Å². The minimum Gasteiger partial charge on any atom is -0.394 e. The second kappa shape index (κ2) is 4.18. The lowest BCUT2D eigenvalue weighted by Crippen LogP contribution is -2.48. The Morgan fingerprint density at radius 1 is 1.71 bits per heavy atom. The Balaban J connectivity index is 1.89. The molecule has 0 spiro atoms. The molecular formula is C9H14N2OS2. The second-order valence-electron chi connectivity index (χ2n) is 3.75. The number of aliphatic hydroxyl groups is 1. The Bertz CT molecular complexity index is 287. The quantitative estimate of drug-likeness (QED) is 0.749. The Morgan fingerprint density at radius 2 is 2.50 bits per heavy atom. The summed E-state index contributed by atoms with van der Waals surface area (Å²) in [5, 5.41) is 11.2. The van der Waals surface area contributed by atoms with Crippen LogP contribution < -0.4 is 5.73 Å². The average molecular weight is 230 g/mol.